The van der Waals surface area contributed by atoms with Gasteiger partial charge in [-0.1, -0.05) is 12.1 Å². The first-order valence-electron chi connectivity index (χ1n) is 6.87. The maximum Gasteiger partial charge on any atom is 0.118 e. The zero-order valence-corrected chi connectivity index (χ0v) is 11.3. The van der Waals surface area contributed by atoms with Crippen LogP contribution in [0, 0.1) is 5.92 Å². The largest absolute Gasteiger partial charge is 0.497 e. The molecule has 18 heavy (non-hydrogen) atoms. The van der Waals surface area contributed by atoms with Crippen LogP contribution in [0.15, 0.2) is 24.3 Å². The van der Waals surface area contributed by atoms with Gasteiger partial charge in [0.1, 0.15) is 5.75 Å². The Morgan fingerprint density at radius 1 is 1.33 bits per heavy atom. The molecule has 1 aliphatic heterocycles. The second-order valence-corrected chi connectivity index (χ2v) is 5.13. The quantitative estimate of drug-likeness (QED) is 0.836. The van der Waals surface area contributed by atoms with E-state index in [0.29, 0.717) is 0 Å². The van der Waals surface area contributed by atoms with Gasteiger partial charge in [0.15, 0.2) is 0 Å². The average molecular weight is 248 g/mol. The van der Waals surface area contributed by atoms with E-state index in [1.54, 1.807) is 7.11 Å². The van der Waals surface area contributed by atoms with Gasteiger partial charge in [-0.15, -0.1) is 0 Å². The summed E-state index contributed by atoms with van der Waals surface area (Å²) in [6.07, 6.45) is 3.62. The lowest BCUT2D eigenvalue weighted by molar-refractivity contribution is 0.325. The topological polar surface area (TPSA) is 38.5 Å². The number of nitrogens with two attached hydrogens (primary N) is 1. The standard InChI is InChI=1S/C15H24N2O/c1-18-15-4-2-13(3-5-15)7-10-17-11-8-14(12-17)6-9-16/h2-5,14H,6-12,16H2,1H3. The van der Waals surface area contributed by atoms with Crippen molar-refractivity contribution in [1.29, 1.82) is 0 Å². The zero-order valence-electron chi connectivity index (χ0n) is 11.3. The van der Waals surface area contributed by atoms with Gasteiger partial charge >= 0.3 is 0 Å². The van der Waals surface area contributed by atoms with Gasteiger partial charge in [0.2, 0.25) is 0 Å². The number of benzene rings is 1. The van der Waals surface area contributed by atoms with Crippen molar-refractivity contribution in [2.45, 2.75) is 19.3 Å². The third kappa shape index (κ3) is 3.72. The molecule has 2 rings (SSSR count). The normalized spacial score (nSPS) is 20.2. The molecule has 0 amide bonds. The van der Waals surface area contributed by atoms with Gasteiger partial charge in [-0.3, -0.25) is 0 Å². The van der Waals surface area contributed by atoms with Gasteiger partial charge in [0.25, 0.3) is 0 Å². The van der Waals surface area contributed by atoms with Gasteiger partial charge in [-0.05, 0) is 56.0 Å². The van der Waals surface area contributed by atoms with Crippen LogP contribution < -0.4 is 10.5 Å². The fourth-order valence-electron chi connectivity index (χ4n) is 2.67. The van der Waals surface area contributed by atoms with E-state index in [-0.39, 0.29) is 0 Å². The molecule has 0 spiro atoms. The Balaban J connectivity index is 1.74. The van der Waals surface area contributed by atoms with E-state index in [9.17, 15) is 0 Å². The molecule has 1 aliphatic rings. The molecule has 0 aromatic heterocycles. The molecule has 1 atom stereocenters. The summed E-state index contributed by atoms with van der Waals surface area (Å²) in [6, 6.07) is 8.39. The van der Waals surface area contributed by atoms with E-state index >= 15 is 0 Å². The zero-order chi connectivity index (χ0) is 12.8. The molecule has 1 unspecified atom stereocenters. The van der Waals surface area contributed by atoms with Crippen molar-refractivity contribution >= 4 is 0 Å². The molecule has 0 aliphatic carbocycles. The molecule has 100 valence electrons. The predicted octanol–water partition coefficient (Wildman–Crippen LogP) is 1.91. The molecule has 0 bridgehead atoms. The number of ether oxygens (including phenoxy) is 1. The van der Waals surface area contributed by atoms with E-state index in [4.69, 9.17) is 10.5 Å². The van der Waals surface area contributed by atoms with E-state index in [1.807, 2.05) is 12.1 Å². The Morgan fingerprint density at radius 3 is 2.78 bits per heavy atom. The van der Waals surface area contributed by atoms with Crippen LogP contribution in [0.25, 0.3) is 0 Å². The number of hydrogen-bond donors (Lipinski definition) is 1. The lowest BCUT2D eigenvalue weighted by atomic mass is 10.1. The van der Waals surface area contributed by atoms with Gasteiger partial charge in [-0.25, -0.2) is 0 Å². The van der Waals surface area contributed by atoms with Gasteiger partial charge in [0, 0.05) is 13.1 Å². The number of rotatable bonds is 6. The Morgan fingerprint density at radius 2 is 2.11 bits per heavy atom. The minimum Gasteiger partial charge on any atom is -0.497 e. The first-order chi connectivity index (χ1) is 8.81. The first-order valence-corrected chi connectivity index (χ1v) is 6.87. The van der Waals surface area contributed by atoms with Gasteiger partial charge < -0.3 is 15.4 Å². The highest BCUT2D eigenvalue weighted by Gasteiger charge is 2.20. The minimum atomic E-state index is 0.825. The molecular formula is C15H24N2O. The van der Waals surface area contributed by atoms with Crippen LogP contribution in [0.2, 0.25) is 0 Å². The van der Waals surface area contributed by atoms with Crippen LogP contribution >= 0.6 is 0 Å². The first kappa shape index (κ1) is 13.4. The molecule has 0 radical (unpaired) electrons. The van der Waals surface area contributed by atoms with Gasteiger partial charge in [-0.2, -0.15) is 0 Å². The maximum absolute atomic E-state index is 5.62. The third-order valence-corrected chi connectivity index (χ3v) is 3.82. The summed E-state index contributed by atoms with van der Waals surface area (Å²) in [6.45, 7) is 4.46. The van der Waals surface area contributed by atoms with Crippen LogP contribution in [0.1, 0.15) is 18.4 Å². The SMILES string of the molecule is COc1ccc(CCN2CCC(CCN)C2)cc1. The Kier molecular flexibility index (Phi) is 5.02. The molecule has 1 heterocycles. The molecule has 1 aromatic carbocycles. The monoisotopic (exact) mass is 248 g/mol. The van der Waals surface area contributed by atoms with Crippen LogP contribution in [0.3, 0.4) is 0 Å². The van der Waals surface area contributed by atoms with Crippen molar-refractivity contribution in [2.24, 2.45) is 11.7 Å². The highest BCUT2D eigenvalue weighted by molar-refractivity contribution is 5.27. The lowest BCUT2D eigenvalue weighted by Crippen LogP contribution is -2.23. The number of hydrogen-bond acceptors (Lipinski definition) is 3. The summed E-state index contributed by atoms with van der Waals surface area (Å²) in [5, 5.41) is 0. The fraction of sp³-hybridized carbons (Fsp3) is 0.600. The smallest absolute Gasteiger partial charge is 0.118 e. The Bertz CT molecular complexity index is 350. The summed E-state index contributed by atoms with van der Waals surface area (Å²) in [5.41, 5.74) is 7.00. The molecule has 3 heteroatoms. The summed E-state index contributed by atoms with van der Waals surface area (Å²) in [7, 11) is 1.71. The van der Waals surface area contributed by atoms with Gasteiger partial charge in [0.05, 0.1) is 7.11 Å². The molecule has 1 aromatic rings. The highest BCUT2D eigenvalue weighted by atomic mass is 16.5. The maximum atomic E-state index is 5.62. The second-order valence-electron chi connectivity index (χ2n) is 5.13. The molecule has 2 N–H and O–H groups in total. The summed E-state index contributed by atoms with van der Waals surface area (Å²) < 4.78 is 5.17. The van der Waals surface area contributed by atoms with Crippen molar-refractivity contribution in [3.8, 4) is 5.75 Å². The molecule has 3 nitrogen and oxygen atoms in total. The van der Waals surface area contributed by atoms with Crippen LogP contribution in [0.5, 0.6) is 5.75 Å². The predicted molar refractivity (Wildman–Crippen MR) is 74.9 cm³/mol. The van der Waals surface area contributed by atoms with Crippen molar-refractivity contribution < 1.29 is 4.74 Å². The van der Waals surface area contributed by atoms with E-state index < -0.39 is 0 Å². The lowest BCUT2D eigenvalue weighted by Gasteiger charge is -2.15. The van der Waals surface area contributed by atoms with Crippen molar-refractivity contribution in [3.63, 3.8) is 0 Å². The minimum absolute atomic E-state index is 0.825. The Hall–Kier alpha value is -1.06. The number of methoxy groups -OCH3 is 1. The number of nitrogens with zero attached hydrogens (tertiary/aromatic N) is 1. The van der Waals surface area contributed by atoms with Crippen molar-refractivity contribution in [1.82, 2.24) is 4.90 Å². The third-order valence-electron chi connectivity index (χ3n) is 3.82. The summed E-state index contributed by atoms with van der Waals surface area (Å²) in [4.78, 5) is 2.56. The molecule has 1 saturated heterocycles. The van der Waals surface area contributed by atoms with Crippen molar-refractivity contribution in [3.05, 3.63) is 29.8 Å². The van der Waals surface area contributed by atoms with E-state index in [2.05, 4.69) is 17.0 Å². The molecular weight excluding hydrogens is 224 g/mol. The van der Waals surface area contributed by atoms with Crippen molar-refractivity contribution in [2.75, 3.05) is 33.3 Å². The fourth-order valence-corrected chi connectivity index (χ4v) is 2.67. The number of likely N-dealkylation sites (tertiary alicyclic amines) is 1. The summed E-state index contributed by atoms with van der Waals surface area (Å²) in [5.74, 6) is 1.76. The van der Waals surface area contributed by atoms with E-state index in [0.717, 1.165) is 31.2 Å². The highest BCUT2D eigenvalue weighted by Crippen LogP contribution is 2.19. The van der Waals surface area contributed by atoms with E-state index in [1.165, 1.54) is 31.5 Å². The Labute approximate surface area is 110 Å². The molecule has 0 saturated carbocycles. The van der Waals surface area contributed by atoms with Crippen LogP contribution in [-0.4, -0.2) is 38.2 Å². The van der Waals surface area contributed by atoms with Crippen LogP contribution in [0.4, 0.5) is 0 Å². The average Bonchev–Trinajstić information content (AvgIpc) is 2.85. The summed E-state index contributed by atoms with van der Waals surface area (Å²) >= 11 is 0. The van der Waals surface area contributed by atoms with Crippen LogP contribution in [-0.2, 0) is 6.42 Å². The molecule has 1 fully saturated rings. The second kappa shape index (κ2) is 6.76.